The van der Waals surface area contributed by atoms with Gasteiger partial charge in [0.15, 0.2) is 0 Å². The minimum atomic E-state index is -1.01. The van der Waals surface area contributed by atoms with Crippen molar-refractivity contribution in [3.8, 4) is 0 Å². The van der Waals surface area contributed by atoms with Crippen LogP contribution in [0.3, 0.4) is 0 Å². The molecule has 1 amide bonds. The van der Waals surface area contributed by atoms with Gasteiger partial charge >= 0.3 is 5.97 Å². The standard InChI is InChI=1S/C17H20N2O4/c20-15(10-19-8-7-12-4-1-2-6-14(12)19)18-16(17(21)22)13-5-3-9-23-11-13/h1-2,4,6-8,13,16H,3,5,9-11H2,(H,18,20)(H,21,22). The van der Waals surface area contributed by atoms with E-state index in [0.29, 0.717) is 13.2 Å². The van der Waals surface area contributed by atoms with Crippen molar-refractivity contribution in [3.05, 3.63) is 36.5 Å². The molecule has 2 unspecified atom stereocenters. The first kappa shape index (κ1) is 15.6. The van der Waals surface area contributed by atoms with Crippen LogP contribution in [0.1, 0.15) is 12.8 Å². The van der Waals surface area contributed by atoms with Crippen molar-refractivity contribution in [3.63, 3.8) is 0 Å². The first-order chi connectivity index (χ1) is 11.1. The number of carbonyl (C=O) groups is 2. The zero-order valence-corrected chi connectivity index (χ0v) is 12.8. The highest BCUT2D eigenvalue weighted by molar-refractivity contribution is 5.86. The summed E-state index contributed by atoms with van der Waals surface area (Å²) >= 11 is 0. The quantitative estimate of drug-likeness (QED) is 0.879. The van der Waals surface area contributed by atoms with Gasteiger partial charge in [-0.1, -0.05) is 18.2 Å². The number of aliphatic carboxylic acids is 1. The topological polar surface area (TPSA) is 80.6 Å². The lowest BCUT2D eigenvalue weighted by molar-refractivity contribution is -0.145. The Bertz CT molecular complexity index is 703. The summed E-state index contributed by atoms with van der Waals surface area (Å²) in [4.78, 5) is 23.7. The third-order valence-corrected chi connectivity index (χ3v) is 4.24. The lowest BCUT2D eigenvalue weighted by Crippen LogP contribution is -2.49. The molecule has 2 N–H and O–H groups in total. The Morgan fingerprint density at radius 1 is 1.35 bits per heavy atom. The van der Waals surface area contributed by atoms with Crippen molar-refractivity contribution < 1.29 is 19.4 Å². The first-order valence-electron chi connectivity index (χ1n) is 7.79. The van der Waals surface area contributed by atoms with E-state index in [4.69, 9.17) is 4.74 Å². The SMILES string of the molecule is O=C(Cn1ccc2ccccc21)NC(C(=O)O)C1CCCOC1. The normalized spacial score (nSPS) is 19.4. The van der Waals surface area contributed by atoms with Crippen LogP contribution in [0.2, 0.25) is 0 Å². The second kappa shape index (κ2) is 6.83. The minimum absolute atomic E-state index is 0.102. The largest absolute Gasteiger partial charge is 0.480 e. The van der Waals surface area contributed by atoms with Gasteiger partial charge in [-0.2, -0.15) is 0 Å². The predicted molar refractivity (Wildman–Crippen MR) is 85.0 cm³/mol. The lowest BCUT2D eigenvalue weighted by Gasteiger charge is -2.28. The maximum absolute atomic E-state index is 12.3. The highest BCUT2D eigenvalue weighted by atomic mass is 16.5. The molecule has 0 spiro atoms. The van der Waals surface area contributed by atoms with Gasteiger partial charge in [0.05, 0.1) is 6.61 Å². The molecular weight excluding hydrogens is 296 g/mol. The molecule has 6 nitrogen and oxygen atoms in total. The molecule has 1 aromatic carbocycles. The number of benzene rings is 1. The molecule has 0 radical (unpaired) electrons. The first-order valence-corrected chi connectivity index (χ1v) is 7.79. The average molecular weight is 316 g/mol. The molecule has 23 heavy (non-hydrogen) atoms. The third kappa shape index (κ3) is 3.53. The maximum Gasteiger partial charge on any atom is 0.326 e. The van der Waals surface area contributed by atoms with Crippen molar-refractivity contribution in [2.45, 2.75) is 25.4 Å². The van der Waals surface area contributed by atoms with Crippen molar-refractivity contribution in [2.75, 3.05) is 13.2 Å². The molecular formula is C17H20N2O4. The number of carboxylic acid groups (broad SMARTS) is 1. The van der Waals surface area contributed by atoms with Crippen LogP contribution >= 0.6 is 0 Å². The van der Waals surface area contributed by atoms with Crippen molar-refractivity contribution >= 4 is 22.8 Å². The number of hydrogen-bond acceptors (Lipinski definition) is 3. The van der Waals surface area contributed by atoms with E-state index in [2.05, 4.69) is 5.32 Å². The van der Waals surface area contributed by atoms with Gasteiger partial charge in [-0.05, 0) is 30.4 Å². The number of aromatic nitrogens is 1. The van der Waals surface area contributed by atoms with E-state index in [0.717, 1.165) is 23.7 Å². The summed E-state index contributed by atoms with van der Waals surface area (Å²) in [6.45, 7) is 1.14. The number of carbonyl (C=O) groups excluding carboxylic acids is 1. The number of amides is 1. The van der Waals surface area contributed by atoms with Crippen LogP contribution in [0.15, 0.2) is 36.5 Å². The molecule has 2 heterocycles. The molecule has 2 atom stereocenters. The highest BCUT2D eigenvalue weighted by Crippen LogP contribution is 2.18. The Hall–Kier alpha value is -2.34. The fourth-order valence-electron chi connectivity index (χ4n) is 3.06. The smallest absolute Gasteiger partial charge is 0.326 e. The molecule has 0 bridgehead atoms. The summed E-state index contributed by atoms with van der Waals surface area (Å²) in [5.74, 6) is -1.48. The number of fused-ring (bicyclic) bond motifs is 1. The van der Waals surface area contributed by atoms with Gasteiger partial charge in [0.25, 0.3) is 0 Å². The van der Waals surface area contributed by atoms with E-state index in [9.17, 15) is 14.7 Å². The molecule has 122 valence electrons. The van der Waals surface area contributed by atoms with Crippen LogP contribution in [0.4, 0.5) is 0 Å². The zero-order valence-electron chi connectivity index (χ0n) is 12.8. The Morgan fingerprint density at radius 3 is 2.91 bits per heavy atom. The van der Waals surface area contributed by atoms with E-state index in [1.165, 1.54) is 0 Å². The minimum Gasteiger partial charge on any atom is -0.480 e. The molecule has 1 aliphatic heterocycles. The van der Waals surface area contributed by atoms with Crippen LogP contribution in [-0.2, 0) is 20.9 Å². The van der Waals surface area contributed by atoms with E-state index in [1.807, 2.05) is 41.1 Å². The van der Waals surface area contributed by atoms with Crippen LogP contribution in [-0.4, -0.2) is 40.8 Å². The molecule has 2 aromatic rings. The molecule has 1 saturated heterocycles. The number of carboxylic acids is 1. The van der Waals surface area contributed by atoms with Crippen LogP contribution in [0, 0.1) is 5.92 Å². The van der Waals surface area contributed by atoms with E-state index in [1.54, 1.807) is 0 Å². The van der Waals surface area contributed by atoms with E-state index >= 15 is 0 Å². The van der Waals surface area contributed by atoms with Gasteiger partial charge in [-0.25, -0.2) is 4.79 Å². The van der Waals surface area contributed by atoms with Gasteiger partial charge in [0.1, 0.15) is 12.6 Å². The van der Waals surface area contributed by atoms with Crippen molar-refractivity contribution in [1.82, 2.24) is 9.88 Å². The molecule has 6 heteroatoms. The zero-order chi connectivity index (χ0) is 16.2. The van der Waals surface area contributed by atoms with Crippen molar-refractivity contribution in [1.29, 1.82) is 0 Å². The molecule has 1 aliphatic rings. The Labute approximate surface area is 134 Å². The van der Waals surface area contributed by atoms with Crippen LogP contribution in [0.5, 0.6) is 0 Å². The Kier molecular flexibility index (Phi) is 4.62. The number of nitrogens with zero attached hydrogens (tertiary/aromatic N) is 1. The van der Waals surface area contributed by atoms with Gasteiger partial charge in [-0.15, -0.1) is 0 Å². The van der Waals surface area contributed by atoms with Crippen LogP contribution < -0.4 is 5.32 Å². The average Bonchev–Trinajstić information content (AvgIpc) is 2.96. The van der Waals surface area contributed by atoms with Gasteiger partial charge < -0.3 is 19.7 Å². The molecule has 1 aromatic heterocycles. The summed E-state index contributed by atoms with van der Waals surface area (Å²) in [7, 11) is 0. The summed E-state index contributed by atoms with van der Waals surface area (Å²) < 4.78 is 7.16. The monoisotopic (exact) mass is 316 g/mol. The lowest BCUT2D eigenvalue weighted by atomic mass is 9.93. The number of rotatable bonds is 5. The number of nitrogens with one attached hydrogen (secondary N) is 1. The van der Waals surface area contributed by atoms with E-state index < -0.39 is 12.0 Å². The van der Waals surface area contributed by atoms with E-state index in [-0.39, 0.29) is 18.4 Å². The molecule has 1 fully saturated rings. The summed E-state index contributed by atoms with van der Waals surface area (Å²) in [6.07, 6.45) is 3.42. The van der Waals surface area contributed by atoms with Gasteiger partial charge in [0.2, 0.25) is 5.91 Å². The predicted octanol–water partition coefficient (Wildman–Crippen LogP) is 1.64. The van der Waals surface area contributed by atoms with Crippen molar-refractivity contribution in [2.24, 2.45) is 5.92 Å². The number of ether oxygens (including phenoxy) is 1. The summed E-state index contributed by atoms with van der Waals surface area (Å²) in [5.41, 5.74) is 0.954. The second-order valence-corrected chi connectivity index (χ2v) is 5.86. The molecule has 3 rings (SSSR count). The Balaban J connectivity index is 1.68. The number of para-hydroxylation sites is 1. The molecule has 0 aliphatic carbocycles. The third-order valence-electron chi connectivity index (χ3n) is 4.24. The van der Waals surface area contributed by atoms with Gasteiger partial charge in [-0.3, -0.25) is 4.79 Å². The Morgan fingerprint density at radius 2 is 2.17 bits per heavy atom. The fraction of sp³-hybridized carbons (Fsp3) is 0.412. The maximum atomic E-state index is 12.3. The molecule has 0 saturated carbocycles. The fourth-order valence-corrected chi connectivity index (χ4v) is 3.06. The summed E-state index contributed by atoms with van der Waals surface area (Å²) in [6, 6.07) is 8.80. The van der Waals surface area contributed by atoms with Gasteiger partial charge in [0, 0.05) is 24.2 Å². The summed E-state index contributed by atoms with van der Waals surface area (Å²) in [5, 5.41) is 13.1. The number of hydrogen-bond donors (Lipinski definition) is 2. The second-order valence-electron chi connectivity index (χ2n) is 5.86. The van der Waals surface area contributed by atoms with Crippen LogP contribution in [0.25, 0.3) is 10.9 Å². The highest BCUT2D eigenvalue weighted by Gasteiger charge is 2.31.